The van der Waals surface area contributed by atoms with Crippen LogP contribution in [0.2, 0.25) is 0 Å². The van der Waals surface area contributed by atoms with Gasteiger partial charge in [0.1, 0.15) is 0 Å². The van der Waals surface area contributed by atoms with Crippen molar-refractivity contribution in [3.05, 3.63) is 17.0 Å². The van der Waals surface area contributed by atoms with E-state index in [2.05, 4.69) is 32.9 Å². The maximum Gasteiger partial charge on any atom is 0.186 e. The van der Waals surface area contributed by atoms with Crippen LogP contribution in [0.25, 0.3) is 0 Å². The predicted molar refractivity (Wildman–Crippen MR) is 82.8 cm³/mol. The molecule has 0 aromatic carbocycles. The number of piperidine rings is 1. The van der Waals surface area contributed by atoms with E-state index in [-0.39, 0.29) is 0 Å². The van der Waals surface area contributed by atoms with Crippen molar-refractivity contribution >= 4 is 39.9 Å². The summed E-state index contributed by atoms with van der Waals surface area (Å²) in [5.74, 6) is 0. The molecule has 98 valence electrons. The number of nitrogens with zero attached hydrogens (tertiary/aromatic N) is 2. The number of thiophene rings is 1. The summed E-state index contributed by atoms with van der Waals surface area (Å²) in [6, 6.07) is 4.27. The molecule has 1 aliphatic heterocycles. The van der Waals surface area contributed by atoms with E-state index in [1.54, 1.807) is 18.4 Å². The van der Waals surface area contributed by atoms with Crippen LogP contribution in [-0.4, -0.2) is 31.5 Å². The van der Waals surface area contributed by atoms with Crippen molar-refractivity contribution in [2.75, 3.05) is 25.0 Å². The second-order valence-corrected chi connectivity index (χ2v) is 5.67. The number of rotatable bonds is 3. The third-order valence-electron chi connectivity index (χ3n) is 2.87. The van der Waals surface area contributed by atoms with Gasteiger partial charge in [0.25, 0.3) is 0 Å². The zero-order chi connectivity index (χ0) is 12.8. The smallest absolute Gasteiger partial charge is 0.186 e. The minimum absolute atomic E-state index is 0.527. The molecule has 0 aliphatic carbocycles. The fraction of sp³-hybridized carbons (Fsp3) is 0.500. The molecule has 0 unspecified atom stereocenters. The summed E-state index contributed by atoms with van der Waals surface area (Å²) in [4.78, 5) is 3.60. The average Bonchev–Trinajstić information content (AvgIpc) is 2.88. The molecule has 1 aromatic heterocycles. The standard InChI is InChI=1S/C12H18N4S2/c1-13-12(17)15-14-9-10-5-6-11(18-10)16-7-3-2-4-8-16/h5-6,9H,2-4,7-8H2,1H3,(H2,13,15,17)/b14-9+. The van der Waals surface area contributed by atoms with Crippen LogP contribution in [0.15, 0.2) is 17.2 Å². The quantitative estimate of drug-likeness (QED) is 0.506. The first-order chi connectivity index (χ1) is 8.79. The first-order valence-corrected chi connectivity index (χ1v) is 7.37. The van der Waals surface area contributed by atoms with Crippen molar-refractivity contribution in [3.63, 3.8) is 0 Å². The van der Waals surface area contributed by atoms with Gasteiger partial charge < -0.3 is 10.2 Å². The Labute approximate surface area is 117 Å². The number of anilines is 1. The second-order valence-electron chi connectivity index (χ2n) is 4.17. The van der Waals surface area contributed by atoms with Gasteiger partial charge in [-0.15, -0.1) is 11.3 Å². The highest BCUT2D eigenvalue weighted by molar-refractivity contribution is 7.80. The lowest BCUT2D eigenvalue weighted by molar-refractivity contribution is 0.580. The minimum atomic E-state index is 0.527. The molecule has 1 aliphatic rings. The maximum absolute atomic E-state index is 4.94. The zero-order valence-electron chi connectivity index (χ0n) is 10.5. The fourth-order valence-electron chi connectivity index (χ4n) is 1.91. The van der Waals surface area contributed by atoms with Crippen molar-refractivity contribution in [2.24, 2.45) is 5.10 Å². The number of hydrazone groups is 1. The summed E-state index contributed by atoms with van der Waals surface area (Å²) < 4.78 is 0. The van der Waals surface area contributed by atoms with E-state index >= 15 is 0 Å². The lowest BCUT2D eigenvalue weighted by Crippen LogP contribution is -2.28. The van der Waals surface area contributed by atoms with Gasteiger partial charge in [-0.05, 0) is 43.6 Å². The van der Waals surface area contributed by atoms with Gasteiger partial charge in [-0.3, -0.25) is 5.43 Å². The minimum Gasteiger partial charge on any atom is -0.364 e. The van der Waals surface area contributed by atoms with Gasteiger partial charge in [-0.25, -0.2) is 0 Å². The Morgan fingerprint density at radius 1 is 1.39 bits per heavy atom. The fourth-order valence-corrected chi connectivity index (χ4v) is 2.89. The molecule has 2 heterocycles. The SMILES string of the molecule is CNC(=S)N/N=C/c1ccc(N2CCCCC2)s1. The van der Waals surface area contributed by atoms with Crippen LogP contribution in [0.3, 0.4) is 0 Å². The second kappa shape index (κ2) is 6.70. The summed E-state index contributed by atoms with van der Waals surface area (Å²) in [5, 5.41) is 8.76. The predicted octanol–water partition coefficient (Wildman–Crippen LogP) is 2.17. The van der Waals surface area contributed by atoms with Crippen LogP contribution < -0.4 is 15.6 Å². The monoisotopic (exact) mass is 282 g/mol. The molecule has 1 aromatic rings. The van der Waals surface area contributed by atoms with Crippen LogP contribution in [0.5, 0.6) is 0 Å². The van der Waals surface area contributed by atoms with Crippen molar-refractivity contribution in [1.29, 1.82) is 0 Å². The van der Waals surface area contributed by atoms with Gasteiger partial charge in [-0.2, -0.15) is 5.10 Å². The Hall–Kier alpha value is -1.14. The molecule has 0 atom stereocenters. The Bertz CT molecular complexity index is 421. The van der Waals surface area contributed by atoms with Gasteiger partial charge in [0.15, 0.2) is 5.11 Å². The summed E-state index contributed by atoms with van der Waals surface area (Å²) in [7, 11) is 1.77. The normalized spacial score (nSPS) is 15.9. The van der Waals surface area contributed by atoms with Crippen molar-refractivity contribution in [3.8, 4) is 0 Å². The highest BCUT2D eigenvalue weighted by Gasteiger charge is 2.12. The Morgan fingerprint density at radius 2 is 2.17 bits per heavy atom. The summed E-state index contributed by atoms with van der Waals surface area (Å²) in [6.07, 6.45) is 5.78. The molecule has 6 heteroatoms. The van der Waals surface area contributed by atoms with Crippen LogP contribution in [-0.2, 0) is 0 Å². The molecule has 0 bridgehead atoms. The molecule has 1 fully saturated rings. The lowest BCUT2D eigenvalue weighted by Gasteiger charge is -2.27. The zero-order valence-corrected chi connectivity index (χ0v) is 12.1. The van der Waals surface area contributed by atoms with E-state index in [9.17, 15) is 0 Å². The Kier molecular flexibility index (Phi) is 4.95. The first-order valence-electron chi connectivity index (χ1n) is 6.15. The average molecular weight is 282 g/mol. The molecule has 2 N–H and O–H groups in total. The van der Waals surface area contributed by atoms with E-state index in [0.29, 0.717) is 5.11 Å². The summed E-state index contributed by atoms with van der Waals surface area (Å²) >= 11 is 6.71. The van der Waals surface area contributed by atoms with Crippen molar-refractivity contribution in [2.45, 2.75) is 19.3 Å². The van der Waals surface area contributed by atoms with E-state index in [0.717, 1.165) is 4.88 Å². The molecule has 4 nitrogen and oxygen atoms in total. The van der Waals surface area contributed by atoms with Crippen molar-refractivity contribution < 1.29 is 0 Å². The van der Waals surface area contributed by atoms with Crippen molar-refractivity contribution in [1.82, 2.24) is 10.7 Å². The van der Waals surface area contributed by atoms with E-state index in [1.807, 2.05) is 6.21 Å². The maximum atomic E-state index is 4.94. The highest BCUT2D eigenvalue weighted by Crippen LogP contribution is 2.27. The number of hydrogen-bond acceptors (Lipinski definition) is 4. The molecule has 0 spiro atoms. The van der Waals surface area contributed by atoms with Crippen LogP contribution in [0.1, 0.15) is 24.1 Å². The van der Waals surface area contributed by atoms with Gasteiger partial charge in [0, 0.05) is 25.0 Å². The van der Waals surface area contributed by atoms with Gasteiger partial charge in [-0.1, -0.05) is 0 Å². The summed E-state index contributed by atoms with van der Waals surface area (Å²) in [6.45, 7) is 2.36. The van der Waals surface area contributed by atoms with Gasteiger partial charge in [0.05, 0.1) is 11.2 Å². The first kappa shape index (κ1) is 13.3. The number of thiocarbonyl (C=S) groups is 1. The topological polar surface area (TPSA) is 39.7 Å². The molecule has 0 amide bonds. The summed E-state index contributed by atoms with van der Waals surface area (Å²) in [5.41, 5.74) is 2.75. The third-order valence-corrected chi connectivity index (χ3v) is 4.24. The molecule has 18 heavy (non-hydrogen) atoms. The van der Waals surface area contributed by atoms with Crippen LogP contribution >= 0.6 is 23.6 Å². The molecular weight excluding hydrogens is 264 g/mol. The lowest BCUT2D eigenvalue weighted by atomic mass is 10.1. The van der Waals surface area contributed by atoms with E-state index in [4.69, 9.17) is 12.2 Å². The number of hydrogen-bond donors (Lipinski definition) is 2. The number of nitrogens with one attached hydrogen (secondary N) is 2. The third kappa shape index (κ3) is 3.68. The molecular formula is C12H18N4S2. The van der Waals surface area contributed by atoms with E-state index in [1.165, 1.54) is 37.4 Å². The Balaban J connectivity index is 1.91. The molecule has 1 saturated heterocycles. The van der Waals surface area contributed by atoms with E-state index < -0.39 is 0 Å². The van der Waals surface area contributed by atoms with Crippen LogP contribution in [0.4, 0.5) is 5.00 Å². The van der Waals surface area contributed by atoms with Crippen LogP contribution in [0, 0.1) is 0 Å². The molecule has 2 rings (SSSR count). The van der Waals surface area contributed by atoms with Gasteiger partial charge in [0.2, 0.25) is 0 Å². The Morgan fingerprint density at radius 3 is 2.89 bits per heavy atom. The van der Waals surface area contributed by atoms with Gasteiger partial charge >= 0.3 is 0 Å². The largest absolute Gasteiger partial charge is 0.364 e. The highest BCUT2D eigenvalue weighted by atomic mass is 32.1. The molecule has 0 radical (unpaired) electrons. The molecule has 0 saturated carbocycles.